The van der Waals surface area contributed by atoms with Gasteiger partial charge in [-0.2, -0.15) is 0 Å². The zero-order chi connectivity index (χ0) is 23.7. The van der Waals surface area contributed by atoms with E-state index in [0.717, 1.165) is 0 Å². The van der Waals surface area contributed by atoms with E-state index in [4.69, 9.17) is 16.9 Å². The van der Waals surface area contributed by atoms with E-state index in [9.17, 15) is 0 Å². The van der Waals surface area contributed by atoms with E-state index < -0.39 is 63.3 Å². The second-order valence-electron chi connectivity index (χ2n) is 12.7. The molecule has 0 saturated carbocycles. The Bertz CT molecular complexity index is 454. The minimum absolute atomic E-state index is 0.462. The summed E-state index contributed by atoms with van der Waals surface area (Å²) in [5.41, 5.74) is 0. The molecule has 5 nitrogen and oxygen atoms in total. The molecule has 1 N–H and O–H groups in total. The summed E-state index contributed by atoms with van der Waals surface area (Å²) in [6.45, 7) is 36.2. The van der Waals surface area contributed by atoms with Crippen molar-refractivity contribution in [2.24, 2.45) is 0 Å². The molecule has 0 aliphatic carbocycles. The minimum atomic E-state index is -1.84. The zero-order valence-corrected chi connectivity index (χ0v) is 28.8. The summed E-state index contributed by atoms with van der Waals surface area (Å²) in [5.74, 6) is 0. The van der Waals surface area contributed by atoms with E-state index >= 15 is 0 Å². The third-order valence-corrected chi connectivity index (χ3v) is 18.5. The van der Waals surface area contributed by atoms with Crippen molar-refractivity contribution in [1.82, 2.24) is 4.98 Å². The fourth-order valence-corrected chi connectivity index (χ4v) is 20.2. The molecule has 0 aliphatic heterocycles. The molecule has 0 aliphatic rings. The standard InChI is InChI=1S/C17H49NO4P2Si5/c1-17(18-25(2,3)4,23(19-26(5,6)7)20-27(8,9)10)24(21-28(11,12)13)22-29(14,15)16/h18H,1-16H3. The van der Waals surface area contributed by atoms with Gasteiger partial charge in [0, 0.05) is 0 Å². The molecule has 0 bridgehead atoms. The van der Waals surface area contributed by atoms with Crippen molar-refractivity contribution in [3.05, 3.63) is 0 Å². The van der Waals surface area contributed by atoms with Crippen LogP contribution in [0.25, 0.3) is 0 Å². The van der Waals surface area contributed by atoms with Gasteiger partial charge in [0.2, 0.25) is 0 Å². The van der Waals surface area contributed by atoms with E-state index in [1.165, 1.54) is 0 Å². The second kappa shape index (κ2) is 10.3. The highest BCUT2D eigenvalue weighted by Crippen LogP contribution is 2.70. The minimum Gasteiger partial charge on any atom is -0.375 e. The molecule has 0 unspecified atom stereocenters. The summed E-state index contributed by atoms with van der Waals surface area (Å²) < 4.78 is 27.2. The van der Waals surface area contributed by atoms with Crippen molar-refractivity contribution in [1.29, 1.82) is 0 Å². The van der Waals surface area contributed by atoms with Crippen LogP contribution in [-0.2, 0) is 16.9 Å². The second-order valence-corrected chi connectivity index (χ2v) is 40.5. The average molecular weight is 534 g/mol. The van der Waals surface area contributed by atoms with Gasteiger partial charge in [0.05, 0.1) is 0 Å². The summed E-state index contributed by atoms with van der Waals surface area (Å²) in [6.07, 6.45) is 0. The van der Waals surface area contributed by atoms with Crippen molar-refractivity contribution in [2.75, 3.05) is 0 Å². The lowest BCUT2D eigenvalue weighted by Crippen LogP contribution is -2.56. The first-order valence-electron chi connectivity index (χ1n) is 10.5. The number of hydrogen-bond acceptors (Lipinski definition) is 5. The predicted molar refractivity (Wildman–Crippen MR) is 146 cm³/mol. The highest BCUT2D eigenvalue weighted by atomic mass is 31.2. The summed E-state index contributed by atoms with van der Waals surface area (Å²) in [7, 11) is -11.5. The molecular formula is C17H49NO4P2Si5. The first-order valence-corrected chi connectivity index (χ1v) is 30.0. The maximum atomic E-state index is 6.80. The van der Waals surface area contributed by atoms with Gasteiger partial charge >= 0.3 is 0 Å². The van der Waals surface area contributed by atoms with Gasteiger partial charge in [-0.1, -0.05) is 19.6 Å². The van der Waals surface area contributed by atoms with Crippen LogP contribution in [0.15, 0.2) is 0 Å². The molecule has 0 aromatic carbocycles. The average Bonchev–Trinajstić information content (AvgIpc) is 2.27. The smallest absolute Gasteiger partial charge is 0.191 e. The van der Waals surface area contributed by atoms with Crippen LogP contribution >= 0.6 is 16.8 Å². The Morgan fingerprint density at radius 2 is 0.690 bits per heavy atom. The molecular weight excluding hydrogens is 485 g/mol. The molecule has 0 spiro atoms. The Morgan fingerprint density at radius 1 is 0.483 bits per heavy atom. The molecule has 0 aromatic rings. The first-order chi connectivity index (χ1) is 12.3. The third kappa shape index (κ3) is 14.5. The highest BCUT2D eigenvalue weighted by Gasteiger charge is 2.53. The van der Waals surface area contributed by atoms with E-state index in [2.05, 4.69) is 110 Å². The van der Waals surface area contributed by atoms with Crippen LogP contribution in [0.3, 0.4) is 0 Å². The zero-order valence-electron chi connectivity index (χ0n) is 22.0. The normalized spacial score (nSPS) is 15.5. The largest absolute Gasteiger partial charge is 0.375 e. The molecule has 0 saturated heterocycles. The van der Waals surface area contributed by atoms with Gasteiger partial charge < -0.3 is 21.8 Å². The van der Waals surface area contributed by atoms with E-state index in [1.807, 2.05) is 0 Å². The Balaban J connectivity index is 6.54. The monoisotopic (exact) mass is 533 g/mol. The van der Waals surface area contributed by atoms with Crippen LogP contribution in [0.4, 0.5) is 0 Å². The lowest BCUT2D eigenvalue weighted by molar-refractivity contribution is 0.421. The lowest BCUT2D eigenvalue weighted by atomic mass is 10.8. The van der Waals surface area contributed by atoms with E-state index in [0.29, 0.717) is 0 Å². The number of nitrogens with one attached hydrogen (secondary N) is 1. The van der Waals surface area contributed by atoms with Crippen LogP contribution in [0.2, 0.25) is 98.2 Å². The molecule has 0 amide bonds. The Labute approximate surface area is 189 Å². The highest BCUT2D eigenvalue weighted by molar-refractivity contribution is 7.70. The molecule has 0 aromatic heterocycles. The van der Waals surface area contributed by atoms with Gasteiger partial charge in [-0.05, 0) is 85.5 Å². The van der Waals surface area contributed by atoms with Gasteiger partial charge in [-0.3, -0.25) is 0 Å². The molecule has 0 radical (unpaired) electrons. The maximum Gasteiger partial charge on any atom is 0.191 e. The van der Waals surface area contributed by atoms with Crippen molar-refractivity contribution < 1.29 is 16.9 Å². The van der Waals surface area contributed by atoms with Crippen LogP contribution in [-0.4, -0.2) is 46.5 Å². The van der Waals surface area contributed by atoms with Gasteiger partial charge in [0.25, 0.3) is 0 Å². The summed E-state index contributed by atoms with van der Waals surface area (Å²) in [6, 6.07) is 0. The Kier molecular flexibility index (Phi) is 11.0. The van der Waals surface area contributed by atoms with Crippen molar-refractivity contribution in [3.63, 3.8) is 0 Å². The summed E-state index contributed by atoms with van der Waals surface area (Å²) >= 11 is 0. The molecule has 12 heteroatoms. The lowest BCUT2D eigenvalue weighted by Gasteiger charge is -2.50. The predicted octanol–water partition coefficient (Wildman–Crippen LogP) is 8.11. The van der Waals surface area contributed by atoms with Crippen LogP contribution < -0.4 is 4.98 Å². The van der Waals surface area contributed by atoms with Crippen molar-refractivity contribution in [2.45, 2.75) is 110 Å². The van der Waals surface area contributed by atoms with Crippen molar-refractivity contribution >= 4 is 58.3 Å². The van der Waals surface area contributed by atoms with Crippen LogP contribution in [0.1, 0.15) is 6.92 Å². The van der Waals surface area contributed by atoms with E-state index in [-0.39, 0.29) is 0 Å². The Morgan fingerprint density at radius 3 is 0.828 bits per heavy atom. The fourth-order valence-electron chi connectivity index (χ4n) is 2.26. The quantitative estimate of drug-likeness (QED) is 0.203. The molecule has 0 heterocycles. The summed E-state index contributed by atoms with van der Waals surface area (Å²) in [5, 5.41) is -0.462. The summed E-state index contributed by atoms with van der Waals surface area (Å²) in [4.78, 5) is 4.01. The number of hydrogen-bond donors (Lipinski definition) is 1. The maximum absolute atomic E-state index is 6.80. The van der Waals surface area contributed by atoms with Crippen LogP contribution in [0, 0.1) is 0 Å². The fraction of sp³-hybridized carbons (Fsp3) is 1.00. The molecule has 29 heavy (non-hydrogen) atoms. The topological polar surface area (TPSA) is 49.0 Å². The number of rotatable bonds is 12. The van der Waals surface area contributed by atoms with Crippen LogP contribution in [0.5, 0.6) is 0 Å². The molecule has 0 atom stereocenters. The third-order valence-electron chi connectivity index (χ3n) is 2.75. The van der Waals surface area contributed by atoms with Gasteiger partial charge in [0.1, 0.15) is 13.3 Å². The van der Waals surface area contributed by atoms with E-state index in [1.54, 1.807) is 0 Å². The SMILES string of the molecule is CC(N[Si](C)(C)C)(P(O[Si](C)(C)C)O[Si](C)(C)C)P(O[Si](C)(C)C)O[Si](C)(C)C. The Hall–Kier alpha value is 1.74. The first kappa shape index (κ1) is 30.7. The van der Waals surface area contributed by atoms with Crippen molar-refractivity contribution in [3.8, 4) is 0 Å². The molecule has 0 rings (SSSR count). The van der Waals surface area contributed by atoms with Gasteiger partial charge in [-0.25, -0.2) is 0 Å². The van der Waals surface area contributed by atoms with Gasteiger partial charge in [-0.15, -0.1) is 0 Å². The molecule has 0 fully saturated rings. The van der Waals surface area contributed by atoms with Gasteiger partial charge in [0.15, 0.2) is 50.0 Å². The molecule has 176 valence electrons.